The number of alkyl halides is 3. The molecular weight excluding hydrogens is 447 g/mol. The predicted octanol–water partition coefficient (Wildman–Crippen LogP) is 6.06. The zero-order valence-electron chi connectivity index (χ0n) is 19.9. The van der Waals surface area contributed by atoms with E-state index in [1.165, 1.54) is 31.4 Å². The third kappa shape index (κ3) is 7.27. The summed E-state index contributed by atoms with van der Waals surface area (Å²) in [6, 6.07) is 4.23. The van der Waals surface area contributed by atoms with E-state index in [-0.39, 0.29) is 23.9 Å². The van der Waals surface area contributed by atoms with Gasteiger partial charge in [-0.05, 0) is 69.6 Å². The lowest BCUT2D eigenvalue weighted by Crippen LogP contribution is -2.38. The van der Waals surface area contributed by atoms with Gasteiger partial charge in [-0.2, -0.15) is 13.2 Å². The number of hydrogen-bond donors (Lipinski definition) is 1. The van der Waals surface area contributed by atoms with Crippen molar-refractivity contribution in [2.45, 2.75) is 76.9 Å². The molecule has 1 aromatic carbocycles. The first kappa shape index (κ1) is 26.2. The molecular formula is C25H36F3N3O3. The number of ether oxygens (including phenoxy) is 1. The van der Waals surface area contributed by atoms with Crippen LogP contribution in [0.4, 0.5) is 29.3 Å². The van der Waals surface area contributed by atoms with Crippen LogP contribution < -0.4 is 10.2 Å². The smallest absolute Gasteiger partial charge is 0.418 e. The van der Waals surface area contributed by atoms with Crippen LogP contribution in [-0.2, 0) is 15.7 Å². The lowest BCUT2D eigenvalue weighted by Gasteiger charge is -2.36. The third-order valence-corrected chi connectivity index (χ3v) is 6.89. The average Bonchev–Trinajstić information content (AvgIpc) is 2.82. The summed E-state index contributed by atoms with van der Waals surface area (Å²) in [4.78, 5) is 26.9. The van der Waals surface area contributed by atoms with Crippen LogP contribution in [0.3, 0.4) is 0 Å². The number of carbonyl (C=O) groups excluding carboxylic acids is 2. The van der Waals surface area contributed by atoms with Gasteiger partial charge in [-0.25, -0.2) is 4.79 Å². The molecule has 1 saturated carbocycles. The van der Waals surface area contributed by atoms with E-state index < -0.39 is 17.8 Å². The number of hydrogen-bond acceptors (Lipinski definition) is 4. The second-order valence-electron chi connectivity index (χ2n) is 9.31. The van der Waals surface area contributed by atoms with Gasteiger partial charge in [0.15, 0.2) is 0 Å². The summed E-state index contributed by atoms with van der Waals surface area (Å²) in [5.74, 6) is 0.284. The number of anilines is 2. The Balaban J connectivity index is 1.61. The van der Waals surface area contributed by atoms with Crippen molar-refractivity contribution in [1.29, 1.82) is 0 Å². The Kier molecular flexibility index (Phi) is 9.47. The Morgan fingerprint density at radius 2 is 1.97 bits per heavy atom. The Morgan fingerprint density at radius 3 is 2.65 bits per heavy atom. The summed E-state index contributed by atoms with van der Waals surface area (Å²) < 4.78 is 46.4. The first-order chi connectivity index (χ1) is 16.3. The van der Waals surface area contributed by atoms with Crippen molar-refractivity contribution in [3.05, 3.63) is 23.8 Å². The zero-order chi connectivity index (χ0) is 24.6. The minimum Gasteiger partial charge on any atom is -0.450 e. The first-order valence-corrected chi connectivity index (χ1v) is 12.4. The molecule has 0 aromatic heterocycles. The van der Waals surface area contributed by atoms with E-state index in [0.29, 0.717) is 25.7 Å². The van der Waals surface area contributed by atoms with Gasteiger partial charge in [0.05, 0.1) is 12.2 Å². The highest BCUT2D eigenvalue weighted by Gasteiger charge is 2.36. The van der Waals surface area contributed by atoms with Gasteiger partial charge < -0.3 is 14.5 Å². The molecule has 6 nitrogen and oxygen atoms in total. The SMILES string of the molecule is CCOC(=O)Nc1ccc(N2CCC[C@@H](CCCN(C=O)C3CCCCC3)C2)c(C(F)(F)F)c1. The molecule has 1 heterocycles. The molecule has 0 unspecified atom stereocenters. The molecule has 1 aromatic rings. The monoisotopic (exact) mass is 483 g/mol. The summed E-state index contributed by atoms with van der Waals surface area (Å²) in [6.07, 6.45) is 4.90. The van der Waals surface area contributed by atoms with Crippen LogP contribution in [0.25, 0.3) is 0 Å². The molecule has 1 aliphatic carbocycles. The van der Waals surface area contributed by atoms with Crippen molar-refractivity contribution in [2.75, 3.05) is 36.5 Å². The number of nitrogens with one attached hydrogen (secondary N) is 1. The number of rotatable bonds is 9. The van der Waals surface area contributed by atoms with Crippen molar-refractivity contribution < 1.29 is 27.5 Å². The maximum atomic E-state index is 13.9. The summed E-state index contributed by atoms with van der Waals surface area (Å²) in [6.45, 7) is 3.59. The largest absolute Gasteiger partial charge is 0.450 e. The average molecular weight is 484 g/mol. The minimum absolute atomic E-state index is 0.0553. The van der Waals surface area contributed by atoms with Gasteiger partial charge in [0.25, 0.3) is 0 Å². The lowest BCUT2D eigenvalue weighted by atomic mass is 9.91. The molecule has 1 aliphatic heterocycles. The number of benzene rings is 1. The van der Waals surface area contributed by atoms with E-state index >= 15 is 0 Å². The lowest BCUT2D eigenvalue weighted by molar-refractivity contribution is -0.137. The standard InChI is InChI=1S/C25H36F3N3O3/c1-2-34-24(33)29-20-12-13-23(22(16-20)25(26,27)28)30-14-6-8-19(17-30)9-7-15-31(18-32)21-10-4-3-5-11-21/h12-13,16,18-19,21H,2-11,14-15,17H2,1H3,(H,29,33)/t19-/m0/s1. The van der Waals surface area contributed by atoms with E-state index in [9.17, 15) is 22.8 Å². The van der Waals surface area contributed by atoms with Crippen molar-refractivity contribution in [3.8, 4) is 0 Å². The highest BCUT2D eigenvalue weighted by atomic mass is 19.4. The number of carbonyl (C=O) groups is 2. The van der Waals surface area contributed by atoms with Crippen molar-refractivity contribution >= 4 is 23.9 Å². The topological polar surface area (TPSA) is 61.9 Å². The zero-order valence-corrected chi connectivity index (χ0v) is 19.9. The van der Waals surface area contributed by atoms with E-state index in [0.717, 1.165) is 51.0 Å². The Bertz CT molecular complexity index is 812. The molecule has 0 bridgehead atoms. The predicted molar refractivity (Wildman–Crippen MR) is 126 cm³/mol. The van der Waals surface area contributed by atoms with Gasteiger partial charge in [0, 0.05) is 37.1 Å². The van der Waals surface area contributed by atoms with E-state index in [1.807, 2.05) is 9.80 Å². The molecule has 34 heavy (non-hydrogen) atoms. The van der Waals surface area contributed by atoms with Crippen LogP contribution in [0.5, 0.6) is 0 Å². The molecule has 1 N–H and O–H groups in total. The normalized spacial score (nSPS) is 19.5. The molecule has 9 heteroatoms. The first-order valence-electron chi connectivity index (χ1n) is 12.4. The fourth-order valence-corrected chi connectivity index (χ4v) is 5.22. The van der Waals surface area contributed by atoms with Crippen LogP contribution in [0.1, 0.15) is 70.3 Å². The molecule has 1 saturated heterocycles. The number of piperidine rings is 1. The van der Waals surface area contributed by atoms with E-state index in [4.69, 9.17) is 4.74 Å². The number of nitrogens with zero attached hydrogens (tertiary/aromatic N) is 2. The fraction of sp³-hybridized carbons (Fsp3) is 0.680. The molecule has 190 valence electrons. The highest BCUT2D eigenvalue weighted by Crippen LogP contribution is 2.40. The summed E-state index contributed by atoms with van der Waals surface area (Å²) in [5.41, 5.74) is -0.560. The van der Waals surface area contributed by atoms with Gasteiger partial charge in [-0.15, -0.1) is 0 Å². The molecule has 2 amide bonds. The van der Waals surface area contributed by atoms with Gasteiger partial charge in [-0.1, -0.05) is 19.3 Å². The van der Waals surface area contributed by atoms with Gasteiger partial charge in [-0.3, -0.25) is 10.1 Å². The molecule has 2 aliphatic rings. The van der Waals surface area contributed by atoms with Crippen LogP contribution >= 0.6 is 0 Å². The molecule has 2 fully saturated rings. The summed E-state index contributed by atoms with van der Waals surface area (Å²) in [7, 11) is 0. The Hall–Kier alpha value is -2.45. The molecule has 1 atom stereocenters. The van der Waals surface area contributed by atoms with Gasteiger partial charge in [0.2, 0.25) is 6.41 Å². The van der Waals surface area contributed by atoms with Crippen molar-refractivity contribution in [2.24, 2.45) is 5.92 Å². The Labute approximate surface area is 199 Å². The maximum Gasteiger partial charge on any atom is 0.418 e. The second-order valence-corrected chi connectivity index (χ2v) is 9.31. The van der Waals surface area contributed by atoms with E-state index in [1.54, 1.807) is 6.92 Å². The molecule has 0 spiro atoms. The number of halogens is 3. The van der Waals surface area contributed by atoms with Gasteiger partial charge >= 0.3 is 12.3 Å². The van der Waals surface area contributed by atoms with Crippen LogP contribution in [-0.4, -0.2) is 49.7 Å². The van der Waals surface area contributed by atoms with Crippen molar-refractivity contribution in [3.63, 3.8) is 0 Å². The quantitative estimate of drug-likeness (QED) is 0.434. The second kappa shape index (κ2) is 12.3. The van der Waals surface area contributed by atoms with E-state index in [2.05, 4.69) is 5.32 Å². The van der Waals surface area contributed by atoms with Crippen molar-refractivity contribution in [1.82, 2.24) is 4.90 Å². The highest BCUT2D eigenvalue weighted by molar-refractivity contribution is 5.85. The number of amides is 2. The van der Waals surface area contributed by atoms with Gasteiger partial charge in [0.1, 0.15) is 0 Å². The molecule has 0 radical (unpaired) electrons. The van der Waals surface area contributed by atoms with Crippen LogP contribution in [0, 0.1) is 5.92 Å². The molecule has 3 rings (SSSR count). The fourth-order valence-electron chi connectivity index (χ4n) is 5.22. The summed E-state index contributed by atoms with van der Waals surface area (Å²) in [5, 5.41) is 2.35. The Morgan fingerprint density at radius 1 is 1.21 bits per heavy atom. The maximum absolute atomic E-state index is 13.9. The summed E-state index contributed by atoms with van der Waals surface area (Å²) >= 11 is 0. The van der Waals surface area contributed by atoms with Crippen LogP contribution in [0.2, 0.25) is 0 Å². The third-order valence-electron chi connectivity index (χ3n) is 6.89. The minimum atomic E-state index is -4.54. The van der Waals surface area contributed by atoms with Crippen LogP contribution in [0.15, 0.2) is 18.2 Å².